The molecule has 0 unspecified atom stereocenters. The smallest absolute Gasteiger partial charge is 0.433 e. The van der Waals surface area contributed by atoms with Crippen molar-refractivity contribution in [1.82, 2.24) is 4.98 Å². The van der Waals surface area contributed by atoms with Crippen LogP contribution in [0, 0.1) is 6.92 Å². The van der Waals surface area contributed by atoms with Gasteiger partial charge in [-0.05, 0) is 42.8 Å². The number of amides is 1. The lowest BCUT2D eigenvalue weighted by Gasteiger charge is -2.09. The van der Waals surface area contributed by atoms with Gasteiger partial charge in [-0.1, -0.05) is 0 Å². The van der Waals surface area contributed by atoms with Crippen molar-refractivity contribution in [2.45, 2.75) is 13.1 Å². The quantitative estimate of drug-likeness (QED) is 0.893. The van der Waals surface area contributed by atoms with E-state index in [4.69, 9.17) is 0 Å². The van der Waals surface area contributed by atoms with Crippen molar-refractivity contribution in [3.05, 3.63) is 53.3 Å². The average molecular weight is 296 g/mol. The molecule has 0 aliphatic heterocycles. The maximum absolute atomic E-state index is 12.4. The second kappa shape index (κ2) is 5.43. The number of hydrogen-bond acceptors (Lipinski definition) is 3. The number of phenolic OH excluding ortho intramolecular Hbond substituents is 1. The van der Waals surface area contributed by atoms with Crippen LogP contribution in [-0.2, 0) is 6.18 Å². The number of nitrogens with one attached hydrogen (secondary N) is 1. The summed E-state index contributed by atoms with van der Waals surface area (Å²) in [7, 11) is 0. The van der Waals surface area contributed by atoms with Crippen LogP contribution < -0.4 is 5.32 Å². The van der Waals surface area contributed by atoms with Gasteiger partial charge in [-0.15, -0.1) is 0 Å². The van der Waals surface area contributed by atoms with Gasteiger partial charge < -0.3 is 10.4 Å². The molecular formula is C14H11F3N2O2. The van der Waals surface area contributed by atoms with Crippen molar-refractivity contribution in [2.75, 3.05) is 5.32 Å². The van der Waals surface area contributed by atoms with Gasteiger partial charge in [0.25, 0.3) is 5.91 Å². The molecule has 1 heterocycles. The minimum absolute atomic E-state index is 0.0280. The number of aromatic nitrogens is 1. The van der Waals surface area contributed by atoms with Gasteiger partial charge in [-0.2, -0.15) is 13.2 Å². The van der Waals surface area contributed by atoms with Crippen LogP contribution in [0.5, 0.6) is 5.75 Å². The first-order valence-electron chi connectivity index (χ1n) is 5.91. The van der Waals surface area contributed by atoms with Crippen molar-refractivity contribution in [1.29, 1.82) is 0 Å². The lowest BCUT2D eigenvalue weighted by molar-refractivity contribution is -0.141. The minimum Gasteiger partial charge on any atom is -0.508 e. The Kier molecular flexibility index (Phi) is 3.84. The minimum atomic E-state index is -4.52. The summed E-state index contributed by atoms with van der Waals surface area (Å²) in [6, 6.07) is 6.12. The first-order chi connectivity index (χ1) is 9.77. The molecule has 110 valence electrons. The first kappa shape index (κ1) is 14.8. The van der Waals surface area contributed by atoms with Gasteiger partial charge in [0.2, 0.25) is 0 Å². The fourth-order valence-corrected chi connectivity index (χ4v) is 1.74. The molecule has 7 heteroatoms. The van der Waals surface area contributed by atoms with Crippen LogP contribution in [0.2, 0.25) is 0 Å². The average Bonchev–Trinajstić information content (AvgIpc) is 2.38. The van der Waals surface area contributed by atoms with E-state index in [0.717, 1.165) is 18.3 Å². The third-order valence-corrected chi connectivity index (χ3v) is 2.77. The maximum Gasteiger partial charge on any atom is 0.433 e. The molecular weight excluding hydrogens is 285 g/mol. The zero-order valence-corrected chi connectivity index (χ0v) is 10.9. The number of aryl methyl sites for hydroxylation is 1. The molecule has 2 aromatic rings. The monoisotopic (exact) mass is 296 g/mol. The van der Waals surface area contributed by atoms with Crippen LogP contribution in [0.3, 0.4) is 0 Å². The molecule has 2 N–H and O–H groups in total. The summed E-state index contributed by atoms with van der Waals surface area (Å²) in [5.74, 6) is -0.464. The molecule has 2 rings (SSSR count). The number of phenols is 1. The van der Waals surface area contributed by atoms with Gasteiger partial charge >= 0.3 is 6.18 Å². The number of anilines is 1. The predicted molar refractivity (Wildman–Crippen MR) is 70.0 cm³/mol. The maximum atomic E-state index is 12.4. The summed E-state index contributed by atoms with van der Waals surface area (Å²) in [4.78, 5) is 15.2. The number of hydrogen-bond donors (Lipinski definition) is 2. The van der Waals surface area contributed by atoms with Crippen LogP contribution in [0.15, 0.2) is 36.5 Å². The highest BCUT2D eigenvalue weighted by atomic mass is 19.4. The molecule has 0 bridgehead atoms. The Morgan fingerprint density at radius 3 is 2.48 bits per heavy atom. The van der Waals surface area contributed by atoms with Crippen LogP contribution in [0.4, 0.5) is 18.9 Å². The fraction of sp³-hybridized carbons (Fsp3) is 0.143. The summed E-state index contributed by atoms with van der Waals surface area (Å²) in [6.45, 7) is 1.64. The highest BCUT2D eigenvalue weighted by Gasteiger charge is 2.32. The molecule has 4 nitrogen and oxygen atoms in total. The second-order valence-electron chi connectivity index (χ2n) is 4.38. The van der Waals surface area contributed by atoms with Crippen molar-refractivity contribution in [3.63, 3.8) is 0 Å². The van der Waals surface area contributed by atoms with Crippen molar-refractivity contribution in [2.24, 2.45) is 0 Å². The highest BCUT2D eigenvalue weighted by molar-refractivity contribution is 6.05. The number of rotatable bonds is 2. The Balaban J connectivity index is 2.16. The van der Waals surface area contributed by atoms with Gasteiger partial charge in [-0.25, -0.2) is 4.98 Å². The van der Waals surface area contributed by atoms with E-state index in [9.17, 15) is 23.1 Å². The number of halogens is 3. The van der Waals surface area contributed by atoms with Crippen LogP contribution in [0.1, 0.15) is 21.6 Å². The van der Waals surface area contributed by atoms with E-state index in [1.54, 1.807) is 6.92 Å². The van der Waals surface area contributed by atoms with E-state index in [1.807, 2.05) is 0 Å². The van der Waals surface area contributed by atoms with Gasteiger partial charge in [0.1, 0.15) is 11.4 Å². The number of aromatic hydroxyl groups is 1. The Labute approximate surface area is 118 Å². The summed E-state index contributed by atoms with van der Waals surface area (Å²) < 4.78 is 37.1. The summed E-state index contributed by atoms with van der Waals surface area (Å²) in [5, 5.41) is 11.7. The summed E-state index contributed by atoms with van der Waals surface area (Å²) >= 11 is 0. The fourth-order valence-electron chi connectivity index (χ4n) is 1.74. The molecule has 0 atom stereocenters. The van der Waals surface area contributed by atoms with E-state index in [1.165, 1.54) is 18.2 Å². The SMILES string of the molecule is Cc1cc(O)ccc1C(=O)Nc1ccc(C(F)(F)F)nc1. The number of nitrogens with zero attached hydrogens (tertiary/aromatic N) is 1. The molecule has 0 radical (unpaired) electrons. The molecule has 0 saturated carbocycles. The van der Waals surface area contributed by atoms with Gasteiger partial charge in [0.05, 0.1) is 11.9 Å². The zero-order valence-electron chi connectivity index (χ0n) is 10.9. The van der Waals surface area contributed by atoms with E-state index < -0.39 is 17.8 Å². The number of pyridine rings is 1. The molecule has 0 saturated heterocycles. The van der Waals surface area contributed by atoms with Gasteiger partial charge in [0, 0.05) is 5.56 Å². The Bertz CT molecular complexity index is 667. The number of carbonyl (C=O) groups excluding carboxylic acids is 1. The number of alkyl halides is 3. The second-order valence-corrected chi connectivity index (χ2v) is 4.38. The third kappa shape index (κ3) is 3.50. The van der Waals surface area contributed by atoms with Crippen LogP contribution in [-0.4, -0.2) is 16.0 Å². The lowest BCUT2D eigenvalue weighted by atomic mass is 10.1. The summed E-state index contributed by atoms with van der Waals surface area (Å²) in [6.07, 6.45) is -3.58. The van der Waals surface area contributed by atoms with Crippen LogP contribution in [0.25, 0.3) is 0 Å². The van der Waals surface area contributed by atoms with Crippen molar-refractivity contribution in [3.8, 4) is 5.75 Å². The third-order valence-electron chi connectivity index (χ3n) is 2.77. The van der Waals surface area contributed by atoms with E-state index >= 15 is 0 Å². The molecule has 1 aromatic carbocycles. The molecule has 1 aromatic heterocycles. The Hall–Kier alpha value is -2.57. The van der Waals surface area contributed by atoms with Gasteiger partial charge in [-0.3, -0.25) is 4.79 Å². The Morgan fingerprint density at radius 1 is 1.24 bits per heavy atom. The summed E-state index contributed by atoms with van der Waals surface area (Å²) in [5.41, 5.74) is -0.0122. The van der Waals surface area contributed by atoms with E-state index in [2.05, 4.69) is 10.3 Å². The van der Waals surface area contributed by atoms with Crippen molar-refractivity contribution < 1.29 is 23.1 Å². The molecule has 0 fully saturated rings. The number of benzene rings is 1. The molecule has 21 heavy (non-hydrogen) atoms. The molecule has 0 spiro atoms. The largest absolute Gasteiger partial charge is 0.508 e. The van der Waals surface area contributed by atoms with E-state index in [-0.39, 0.29) is 11.4 Å². The normalized spacial score (nSPS) is 11.2. The molecule has 1 amide bonds. The van der Waals surface area contributed by atoms with Gasteiger partial charge in [0.15, 0.2) is 0 Å². The van der Waals surface area contributed by atoms with E-state index in [0.29, 0.717) is 11.1 Å². The Morgan fingerprint density at radius 2 is 1.95 bits per heavy atom. The lowest BCUT2D eigenvalue weighted by Crippen LogP contribution is -2.14. The topological polar surface area (TPSA) is 62.2 Å². The highest BCUT2D eigenvalue weighted by Crippen LogP contribution is 2.28. The first-order valence-corrected chi connectivity index (χ1v) is 5.91. The van der Waals surface area contributed by atoms with Crippen LogP contribution >= 0.6 is 0 Å². The zero-order chi connectivity index (χ0) is 15.6. The predicted octanol–water partition coefficient (Wildman–Crippen LogP) is 3.37. The molecule has 0 aliphatic carbocycles. The number of carbonyl (C=O) groups is 1. The molecule has 0 aliphatic rings. The van der Waals surface area contributed by atoms with Crippen molar-refractivity contribution >= 4 is 11.6 Å². The standard InChI is InChI=1S/C14H11F3N2O2/c1-8-6-10(20)3-4-11(8)13(21)19-9-2-5-12(18-7-9)14(15,16)17/h2-7,20H,1H3,(H,19,21).